The first kappa shape index (κ1) is 17.9. The lowest BCUT2D eigenvalue weighted by atomic mass is 10.2. The largest absolute Gasteiger partial charge is 0.370 e. The van der Waals surface area contributed by atoms with Crippen molar-refractivity contribution in [3.8, 4) is 0 Å². The van der Waals surface area contributed by atoms with E-state index < -0.39 is 0 Å². The van der Waals surface area contributed by atoms with Gasteiger partial charge in [0.2, 0.25) is 0 Å². The molecule has 21 heavy (non-hydrogen) atoms. The van der Waals surface area contributed by atoms with Crippen LogP contribution in [0.15, 0.2) is 34.6 Å². The maximum Gasteiger partial charge on any atom is 0.193 e. The summed E-state index contributed by atoms with van der Waals surface area (Å²) in [5.74, 6) is 0.869. The minimum Gasteiger partial charge on any atom is -0.370 e. The van der Waals surface area contributed by atoms with Crippen LogP contribution in [0.5, 0.6) is 0 Å². The Balaban J connectivity index is 0.00000220. The number of thiazole rings is 1. The van der Waals surface area contributed by atoms with E-state index in [0.29, 0.717) is 18.4 Å². The molecule has 1 aromatic carbocycles. The lowest BCUT2D eigenvalue weighted by Gasteiger charge is -2.05. The number of hydrogen-bond acceptors (Lipinski definition) is 3. The molecule has 0 aliphatic heterocycles. The standard InChI is InChI=1S/C15H20N4S.HI/c1-10(2)14-18-13(9-20-14)8-17-15(16)19-12-6-4-11(3)5-7-12;/h4-7,9-10H,8H2,1-3H3,(H3,16,17,19);1H. The number of nitrogens with two attached hydrogens (primary N) is 1. The summed E-state index contributed by atoms with van der Waals surface area (Å²) in [6.45, 7) is 6.84. The molecule has 0 fully saturated rings. The molecule has 4 nitrogen and oxygen atoms in total. The number of aliphatic imine (C=N–C) groups is 1. The van der Waals surface area contributed by atoms with E-state index in [2.05, 4.69) is 36.1 Å². The van der Waals surface area contributed by atoms with Gasteiger partial charge in [-0.25, -0.2) is 9.98 Å². The van der Waals surface area contributed by atoms with Crippen molar-refractivity contribution < 1.29 is 0 Å². The van der Waals surface area contributed by atoms with Crippen molar-refractivity contribution in [2.75, 3.05) is 5.32 Å². The van der Waals surface area contributed by atoms with Gasteiger partial charge in [-0.3, -0.25) is 0 Å². The molecule has 6 heteroatoms. The first-order valence-electron chi connectivity index (χ1n) is 6.62. The highest BCUT2D eigenvalue weighted by atomic mass is 127. The summed E-state index contributed by atoms with van der Waals surface area (Å²) in [6, 6.07) is 8.03. The zero-order valence-electron chi connectivity index (χ0n) is 12.5. The molecular weight excluding hydrogens is 395 g/mol. The van der Waals surface area contributed by atoms with E-state index in [0.717, 1.165) is 16.4 Å². The van der Waals surface area contributed by atoms with Crippen molar-refractivity contribution >= 4 is 47.0 Å². The number of halogens is 1. The highest BCUT2D eigenvalue weighted by Crippen LogP contribution is 2.19. The molecule has 3 N–H and O–H groups in total. The highest BCUT2D eigenvalue weighted by molar-refractivity contribution is 14.0. The molecule has 114 valence electrons. The first-order chi connectivity index (χ1) is 9.54. The van der Waals surface area contributed by atoms with Gasteiger partial charge in [-0.05, 0) is 19.1 Å². The molecule has 0 aliphatic carbocycles. The number of nitrogens with one attached hydrogen (secondary N) is 1. The fourth-order valence-corrected chi connectivity index (χ4v) is 2.48. The Labute approximate surface area is 146 Å². The summed E-state index contributed by atoms with van der Waals surface area (Å²) in [6.07, 6.45) is 0. The van der Waals surface area contributed by atoms with Crippen LogP contribution in [0, 0.1) is 6.92 Å². The van der Waals surface area contributed by atoms with Crippen molar-refractivity contribution in [3.63, 3.8) is 0 Å². The quantitative estimate of drug-likeness (QED) is 0.448. The van der Waals surface area contributed by atoms with E-state index in [-0.39, 0.29) is 24.0 Å². The van der Waals surface area contributed by atoms with E-state index in [9.17, 15) is 0 Å². The number of anilines is 1. The van der Waals surface area contributed by atoms with Crippen LogP contribution in [0.1, 0.15) is 36.0 Å². The molecule has 2 aromatic rings. The Hall–Kier alpha value is -1.15. The number of guanidine groups is 1. The smallest absolute Gasteiger partial charge is 0.193 e. The van der Waals surface area contributed by atoms with Crippen LogP contribution >= 0.6 is 35.3 Å². The van der Waals surface area contributed by atoms with Gasteiger partial charge >= 0.3 is 0 Å². The van der Waals surface area contributed by atoms with Gasteiger partial charge in [0.05, 0.1) is 17.2 Å². The Bertz CT molecular complexity index is 590. The average molecular weight is 416 g/mol. The molecule has 0 saturated heterocycles. The molecule has 2 rings (SSSR count). The number of rotatable bonds is 4. The monoisotopic (exact) mass is 416 g/mol. The van der Waals surface area contributed by atoms with Crippen LogP contribution in [0.25, 0.3) is 0 Å². The van der Waals surface area contributed by atoms with Gasteiger partial charge in [0, 0.05) is 17.0 Å². The van der Waals surface area contributed by atoms with Crippen molar-refractivity contribution in [1.82, 2.24) is 4.98 Å². The topological polar surface area (TPSA) is 63.3 Å². The van der Waals surface area contributed by atoms with E-state index in [4.69, 9.17) is 5.73 Å². The third-order valence-corrected chi connectivity index (χ3v) is 3.99. The molecule has 0 radical (unpaired) electrons. The Morgan fingerprint density at radius 1 is 1.33 bits per heavy atom. The van der Waals surface area contributed by atoms with Gasteiger partial charge in [0.1, 0.15) is 0 Å². The molecule has 0 unspecified atom stereocenters. The fourth-order valence-electron chi connectivity index (χ4n) is 1.65. The van der Waals surface area contributed by atoms with Gasteiger partial charge in [-0.15, -0.1) is 35.3 Å². The molecule has 0 saturated carbocycles. The average Bonchev–Trinajstić information content (AvgIpc) is 2.88. The van der Waals surface area contributed by atoms with Gasteiger partial charge in [0.25, 0.3) is 0 Å². The van der Waals surface area contributed by atoms with Gasteiger partial charge in [-0.1, -0.05) is 31.5 Å². The molecule has 0 amide bonds. The lowest BCUT2D eigenvalue weighted by molar-refractivity contribution is 0.837. The van der Waals surface area contributed by atoms with E-state index in [1.54, 1.807) is 11.3 Å². The zero-order valence-corrected chi connectivity index (χ0v) is 15.6. The minimum atomic E-state index is 0. The van der Waals surface area contributed by atoms with Crippen LogP contribution in [-0.4, -0.2) is 10.9 Å². The summed E-state index contributed by atoms with van der Waals surface area (Å²) in [5.41, 5.74) is 9.00. The highest BCUT2D eigenvalue weighted by Gasteiger charge is 2.05. The second kappa shape index (κ2) is 8.33. The maximum absolute atomic E-state index is 5.87. The Morgan fingerprint density at radius 3 is 2.57 bits per heavy atom. The van der Waals surface area contributed by atoms with Crippen molar-refractivity contribution in [3.05, 3.63) is 45.9 Å². The number of aryl methyl sites for hydroxylation is 1. The molecule has 0 aliphatic rings. The molecule has 1 heterocycles. The normalized spacial score (nSPS) is 11.3. The van der Waals surface area contributed by atoms with Crippen LogP contribution in [0.3, 0.4) is 0 Å². The molecule has 0 spiro atoms. The summed E-state index contributed by atoms with van der Waals surface area (Å²) >= 11 is 1.67. The predicted molar refractivity (Wildman–Crippen MR) is 102 cm³/mol. The fraction of sp³-hybridized carbons (Fsp3) is 0.333. The van der Waals surface area contributed by atoms with Crippen LogP contribution < -0.4 is 11.1 Å². The number of hydrogen-bond donors (Lipinski definition) is 2. The Morgan fingerprint density at radius 2 is 2.00 bits per heavy atom. The van der Waals surface area contributed by atoms with Crippen LogP contribution in [-0.2, 0) is 6.54 Å². The zero-order chi connectivity index (χ0) is 14.5. The van der Waals surface area contributed by atoms with E-state index >= 15 is 0 Å². The number of nitrogens with zero attached hydrogens (tertiary/aromatic N) is 2. The van der Waals surface area contributed by atoms with Crippen molar-refractivity contribution in [2.45, 2.75) is 33.2 Å². The van der Waals surface area contributed by atoms with Gasteiger partial charge in [-0.2, -0.15) is 0 Å². The summed E-state index contributed by atoms with van der Waals surface area (Å²) in [7, 11) is 0. The Kier molecular flexibility index (Phi) is 7.10. The maximum atomic E-state index is 5.87. The molecular formula is C15H21IN4S. The predicted octanol–water partition coefficient (Wildman–Crippen LogP) is 4.12. The molecule has 0 bridgehead atoms. The first-order valence-corrected chi connectivity index (χ1v) is 7.50. The second-order valence-corrected chi connectivity index (χ2v) is 5.91. The van der Waals surface area contributed by atoms with Crippen molar-refractivity contribution in [2.24, 2.45) is 10.7 Å². The van der Waals surface area contributed by atoms with Gasteiger partial charge < -0.3 is 11.1 Å². The van der Waals surface area contributed by atoms with Crippen LogP contribution in [0.4, 0.5) is 5.69 Å². The third-order valence-electron chi connectivity index (χ3n) is 2.80. The van der Waals surface area contributed by atoms with Gasteiger partial charge in [0.15, 0.2) is 5.96 Å². The lowest BCUT2D eigenvalue weighted by Crippen LogP contribution is -2.22. The SMILES string of the molecule is Cc1ccc(NC(N)=NCc2csc(C(C)C)n2)cc1.I. The summed E-state index contributed by atoms with van der Waals surface area (Å²) < 4.78 is 0. The number of benzene rings is 1. The minimum absolute atomic E-state index is 0. The van der Waals surface area contributed by atoms with Crippen molar-refractivity contribution in [1.29, 1.82) is 0 Å². The van der Waals surface area contributed by atoms with Crippen LogP contribution in [0.2, 0.25) is 0 Å². The third kappa shape index (κ3) is 5.62. The second-order valence-electron chi connectivity index (χ2n) is 5.02. The molecule has 1 aromatic heterocycles. The summed E-state index contributed by atoms with van der Waals surface area (Å²) in [5, 5.41) is 6.25. The molecule has 0 atom stereocenters. The van der Waals surface area contributed by atoms with E-state index in [1.165, 1.54) is 5.56 Å². The number of aromatic nitrogens is 1. The van der Waals surface area contributed by atoms with E-state index in [1.807, 2.05) is 29.6 Å². The summed E-state index contributed by atoms with van der Waals surface area (Å²) in [4.78, 5) is 8.84.